The third-order valence-corrected chi connectivity index (χ3v) is 3.99. The van der Waals surface area contributed by atoms with Crippen LogP contribution in [0.5, 0.6) is 0 Å². The Morgan fingerprint density at radius 2 is 1.56 bits per heavy atom. The van der Waals surface area contributed by atoms with Crippen LogP contribution in [0.4, 0.5) is 8.78 Å². The number of benzene rings is 1. The standard InChI is InChI=1S/C12H14BBrF2O2/c1-11(2)12(3,4)18-13(17-11)8-5-7(14)6-9(15)10(8)16/h5-6H,1-4H3. The molecule has 0 aliphatic carbocycles. The van der Waals surface area contributed by atoms with Crippen molar-refractivity contribution < 1.29 is 18.1 Å². The fourth-order valence-corrected chi connectivity index (χ4v) is 2.17. The lowest BCUT2D eigenvalue weighted by molar-refractivity contribution is 0.00578. The summed E-state index contributed by atoms with van der Waals surface area (Å²) in [5.74, 6) is -1.86. The third kappa shape index (κ3) is 2.21. The van der Waals surface area contributed by atoms with Gasteiger partial charge >= 0.3 is 7.12 Å². The molecule has 2 rings (SSSR count). The van der Waals surface area contributed by atoms with E-state index in [1.807, 2.05) is 27.7 Å². The van der Waals surface area contributed by atoms with E-state index in [2.05, 4.69) is 15.9 Å². The van der Waals surface area contributed by atoms with Gasteiger partial charge in [0.1, 0.15) is 0 Å². The maximum absolute atomic E-state index is 13.8. The molecule has 1 aromatic carbocycles. The Kier molecular flexibility index (Phi) is 3.32. The minimum atomic E-state index is -0.934. The summed E-state index contributed by atoms with van der Waals surface area (Å²) < 4.78 is 39.0. The molecule has 0 saturated carbocycles. The smallest absolute Gasteiger partial charge is 0.399 e. The van der Waals surface area contributed by atoms with Crippen LogP contribution in [-0.4, -0.2) is 18.3 Å². The summed E-state index contributed by atoms with van der Waals surface area (Å²) >= 11 is 3.13. The first kappa shape index (κ1) is 14.0. The maximum atomic E-state index is 13.8. The molecular weight excluding hydrogens is 305 g/mol. The highest BCUT2D eigenvalue weighted by Crippen LogP contribution is 2.36. The number of hydrogen-bond acceptors (Lipinski definition) is 2. The second-order valence-electron chi connectivity index (χ2n) is 5.38. The normalized spacial score (nSPS) is 21.4. The average Bonchev–Trinajstić information content (AvgIpc) is 2.42. The molecule has 98 valence electrons. The largest absolute Gasteiger partial charge is 0.498 e. The Morgan fingerprint density at radius 3 is 2.06 bits per heavy atom. The van der Waals surface area contributed by atoms with Crippen LogP contribution in [0.2, 0.25) is 0 Å². The molecule has 1 heterocycles. The highest BCUT2D eigenvalue weighted by atomic mass is 79.9. The van der Waals surface area contributed by atoms with E-state index in [1.54, 1.807) is 0 Å². The van der Waals surface area contributed by atoms with E-state index in [9.17, 15) is 8.78 Å². The first-order valence-electron chi connectivity index (χ1n) is 5.64. The average molecular weight is 319 g/mol. The van der Waals surface area contributed by atoms with Crippen LogP contribution in [0.25, 0.3) is 0 Å². The van der Waals surface area contributed by atoms with E-state index in [-0.39, 0.29) is 5.46 Å². The van der Waals surface area contributed by atoms with E-state index in [4.69, 9.17) is 9.31 Å². The molecule has 6 heteroatoms. The number of hydrogen-bond donors (Lipinski definition) is 0. The third-order valence-electron chi connectivity index (χ3n) is 3.53. The Morgan fingerprint density at radius 1 is 1.06 bits per heavy atom. The van der Waals surface area contributed by atoms with Crippen molar-refractivity contribution in [1.82, 2.24) is 0 Å². The second kappa shape index (κ2) is 4.29. The first-order valence-corrected chi connectivity index (χ1v) is 6.43. The van der Waals surface area contributed by atoms with Gasteiger partial charge in [-0.25, -0.2) is 8.78 Å². The van der Waals surface area contributed by atoms with Gasteiger partial charge in [0.15, 0.2) is 11.6 Å². The van der Waals surface area contributed by atoms with Crippen molar-refractivity contribution in [2.24, 2.45) is 0 Å². The first-order chi connectivity index (χ1) is 8.14. The Labute approximate surface area is 114 Å². The van der Waals surface area contributed by atoms with E-state index in [0.717, 1.165) is 6.07 Å². The zero-order valence-electron chi connectivity index (χ0n) is 10.7. The highest BCUT2D eigenvalue weighted by Gasteiger charge is 2.52. The molecule has 1 saturated heterocycles. The lowest BCUT2D eigenvalue weighted by atomic mass is 9.78. The molecule has 1 aromatic rings. The number of rotatable bonds is 1. The van der Waals surface area contributed by atoms with Crippen molar-refractivity contribution in [3.63, 3.8) is 0 Å². The summed E-state index contributed by atoms with van der Waals surface area (Å²) in [7, 11) is -0.901. The zero-order chi connectivity index (χ0) is 13.7. The van der Waals surface area contributed by atoms with Crippen LogP contribution in [-0.2, 0) is 9.31 Å². The van der Waals surface area contributed by atoms with Gasteiger partial charge in [-0.15, -0.1) is 0 Å². The number of halogens is 3. The lowest BCUT2D eigenvalue weighted by Gasteiger charge is -2.32. The van der Waals surface area contributed by atoms with Gasteiger partial charge in [-0.3, -0.25) is 0 Å². The van der Waals surface area contributed by atoms with Crippen molar-refractivity contribution in [3.05, 3.63) is 28.2 Å². The van der Waals surface area contributed by atoms with Crippen LogP contribution in [0.15, 0.2) is 16.6 Å². The molecule has 1 fully saturated rings. The summed E-state index contributed by atoms with van der Waals surface area (Å²) in [5, 5.41) is 0. The van der Waals surface area contributed by atoms with Gasteiger partial charge in [-0.1, -0.05) is 15.9 Å². The fraction of sp³-hybridized carbons (Fsp3) is 0.500. The summed E-state index contributed by atoms with van der Waals surface area (Å²) in [6.07, 6.45) is 0. The van der Waals surface area contributed by atoms with Crippen LogP contribution >= 0.6 is 15.9 Å². The minimum absolute atomic E-state index is 0.0699. The van der Waals surface area contributed by atoms with Gasteiger partial charge < -0.3 is 9.31 Å². The topological polar surface area (TPSA) is 18.5 Å². The Bertz CT molecular complexity index is 475. The van der Waals surface area contributed by atoms with Crippen LogP contribution < -0.4 is 5.46 Å². The van der Waals surface area contributed by atoms with Crippen LogP contribution in [0, 0.1) is 11.6 Å². The maximum Gasteiger partial charge on any atom is 0.498 e. The minimum Gasteiger partial charge on any atom is -0.399 e. The molecule has 0 atom stereocenters. The van der Waals surface area contributed by atoms with Crippen molar-refractivity contribution in [1.29, 1.82) is 0 Å². The van der Waals surface area contributed by atoms with E-state index in [0.29, 0.717) is 4.47 Å². The lowest BCUT2D eigenvalue weighted by Crippen LogP contribution is -2.41. The van der Waals surface area contributed by atoms with E-state index in [1.165, 1.54) is 6.07 Å². The zero-order valence-corrected chi connectivity index (χ0v) is 12.3. The molecule has 1 aliphatic rings. The van der Waals surface area contributed by atoms with Gasteiger partial charge in [0, 0.05) is 9.94 Å². The van der Waals surface area contributed by atoms with Gasteiger partial charge in [0.25, 0.3) is 0 Å². The Balaban J connectivity index is 2.41. The Hall–Kier alpha value is -0.455. The van der Waals surface area contributed by atoms with Crippen LogP contribution in [0.3, 0.4) is 0 Å². The molecule has 0 spiro atoms. The van der Waals surface area contributed by atoms with E-state index < -0.39 is 30.0 Å². The van der Waals surface area contributed by atoms with Gasteiger partial charge in [-0.05, 0) is 39.8 Å². The van der Waals surface area contributed by atoms with Gasteiger partial charge in [-0.2, -0.15) is 0 Å². The predicted molar refractivity (Wildman–Crippen MR) is 69.8 cm³/mol. The quantitative estimate of drug-likeness (QED) is 0.585. The summed E-state index contributed by atoms with van der Waals surface area (Å²) in [5.41, 5.74) is -1.09. The van der Waals surface area contributed by atoms with Crippen molar-refractivity contribution in [2.45, 2.75) is 38.9 Å². The molecule has 0 aromatic heterocycles. The molecule has 0 radical (unpaired) electrons. The van der Waals surface area contributed by atoms with Crippen LogP contribution in [0.1, 0.15) is 27.7 Å². The van der Waals surface area contributed by atoms with Crippen molar-refractivity contribution in [2.75, 3.05) is 0 Å². The van der Waals surface area contributed by atoms with Crippen molar-refractivity contribution >= 4 is 28.5 Å². The second-order valence-corrected chi connectivity index (χ2v) is 6.29. The predicted octanol–water partition coefficient (Wildman–Crippen LogP) is 3.03. The molecule has 1 aliphatic heterocycles. The fourth-order valence-electron chi connectivity index (χ4n) is 1.72. The van der Waals surface area contributed by atoms with Crippen molar-refractivity contribution in [3.8, 4) is 0 Å². The summed E-state index contributed by atoms with van der Waals surface area (Å²) in [6, 6.07) is 2.55. The highest BCUT2D eigenvalue weighted by molar-refractivity contribution is 9.10. The van der Waals surface area contributed by atoms with Gasteiger partial charge in [0.05, 0.1) is 11.2 Å². The summed E-state index contributed by atoms with van der Waals surface area (Å²) in [4.78, 5) is 0. The monoisotopic (exact) mass is 318 g/mol. The molecule has 0 unspecified atom stereocenters. The molecule has 0 amide bonds. The molecule has 18 heavy (non-hydrogen) atoms. The van der Waals surface area contributed by atoms with E-state index >= 15 is 0 Å². The molecule has 2 nitrogen and oxygen atoms in total. The SMILES string of the molecule is CC1(C)OB(c2cc(Br)cc(F)c2F)OC1(C)C. The molecule has 0 bridgehead atoms. The molecular formula is C12H14BBrF2O2. The van der Waals surface area contributed by atoms with Gasteiger partial charge in [0.2, 0.25) is 0 Å². The molecule has 0 N–H and O–H groups in total. The summed E-state index contributed by atoms with van der Waals surface area (Å²) in [6.45, 7) is 7.44.